The first kappa shape index (κ1) is 13.2. The second-order valence-electron chi connectivity index (χ2n) is 3.74. The molecule has 4 heteroatoms. The maximum atomic E-state index is 13.0. The van der Waals surface area contributed by atoms with Gasteiger partial charge in [0.1, 0.15) is 5.82 Å². The van der Waals surface area contributed by atoms with Crippen LogP contribution in [-0.2, 0) is 9.53 Å². The number of hydrogen-bond acceptors (Lipinski definition) is 3. The Morgan fingerprint density at radius 1 is 1.53 bits per heavy atom. The normalized spacial score (nSPS) is 11.2. The molecule has 17 heavy (non-hydrogen) atoms. The molecule has 0 spiro atoms. The third kappa shape index (κ3) is 3.90. The number of esters is 1. The van der Waals surface area contributed by atoms with Gasteiger partial charge in [0.25, 0.3) is 0 Å². The summed E-state index contributed by atoms with van der Waals surface area (Å²) in [5.41, 5.74) is 1.30. The second kappa shape index (κ2) is 6.03. The predicted molar refractivity (Wildman–Crippen MR) is 65.4 cm³/mol. The third-order valence-electron chi connectivity index (χ3n) is 2.43. The molecule has 0 atom stereocenters. The molecule has 0 aromatic heterocycles. The zero-order valence-corrected chi connectivity index (χ0v) is 10.2. The number of anilines is 1. The molecular weight excluding hydrogens is 221 g/mol. The molecule has 0 fully saturated rings. The Morgan fingerprint density at radius 2 is 2.24 bits per heavy atom. The van der Waals surface area contributed by atoms with Crippen LogP contribution in [0.3, 0.4) is 0 Å². The number of methoxy groups -OCH3 is 1. The van der Waals surface area contributed by atoms with Crippen LogP contribution in [0.1, 0.15) is 6.92 Å². The highest BCUT2D eigenvalue weighted by Crippen LogP contribution is 2.13. The van der Waals surface area contributed by atoms with Crippen molar-refractivity contribution in [3.63, 3.8) is 0 Å². The number of benzene rings is 1. The van der Waals surface area contributed by atoms with Gasteiger partial charge in [0.2, 0.25) is 0 Å². The van der Waals surface area contributed by atoms with Crippen LogP contribution in [0.5, 0.6) is 0 Å². The number of ether oxygens (including phenoxy) is 1. The lowest BCUT2D eigenvalue weighted by Crippen LogP contribution is -2.18. The van der Waals surface area contributed by atoms with E-state index < -0.39 is 0 Å². The Kier molecular flexibility index (Phi) is 4.69. The van der Waals surface area contributed by atoms with Crippen LogP contribution in [0.2, 0.25) is 0 Å². The van der Waals surface area contributed by atoms with Gasteiger partial charge in [-0.15, -0.1) is 0 Å². The highest BCUT2D eigenvalue weighted by Gasteiger charge is 2.04. The lowest BCUT2D eigenvalue weighted by molar-refractivity contribution is -0.136. The standard InChI is InChI=1S/C13H16FNO2/c1-10(13(16)17-3)7-8-15(2)12-6-4-5-11(14)9-12/h4-7,9H,8H2,1-3H3. The van der Waals surface area contributed by atoms with Crippen LogP contribution >= 0.6 is 0 Å². The molecule has 0 bridgehead atoms. The zero-order valence-electron chi connectivity index (χ0n) is 10.2. The smallest absolute Gasteiger partial charge is 0.333 e. The minimum absolute atomic E-state index is 0.275. The van der Waals surface area contributed by atoms with Gasteiger partial charge in [0.15, 0.2) is 0 Å². The van der Waals surface area contributed by atoms with Gasteiger partial charge in [-0.3, -0.25) is 0 Å². The molecule has 0 aliphatic heterocycles. The number of rotatable bonds is 4. The highest BCUT2D eigenvalue weighted by atomic mass is 19.1. The molecule has 1 aromatic rings. The average Bonchev–Trinajstić information content (AvgIpc) is 2.34. The quantitative estimate of drug-likeness (QED) is 0.595. The van der Waals surface area contributed by atoms with Gasteiger partial charge >= 0.3 is 5.97 Å². The van der Waals surface area contributed by atoms with E-state index in [4.69, 9.17) is 0 Å². The van der Waals surface area contributed by atoms with E-state index in [1.807, 2.05) is 18.0 Å². The minimum Gasteiger partial charge on any atom is -0.466 e. The van der Waals surface area contributed by atoms with Crippen LogP contribution in [0, 0.1) is 5.82 Å². The molecule has 0 aliphatic rings. The lowest BCUT2D eigenvalue weighted by Gasteiger charge is -2.17. The zero-order chi connectivity index (χ0) is 12.8. The van der Waals surface area contributed by atoms with E-state index in [1.165, 1.54) is 19.2 Å². The summed E-state index contributed by atoms with van der Waals surface area (Å²) >= 11 is 0. The van der Waals surface area contributed by atoms with E-state index in [0.717, 1.165) is 5.69 Å². The van der Waals surface area contributed by atoms with Crippen molar-refractivity contribution in [1.82, 2.24) is 0 Å². The molecular formula is C13H16FNO2. The summed E-state index contributed by atoms with van der Waals surface area (Å²) in [6.45, 7) is 2.20. The first-order valence-electron chi connectivity index (χ1n) is 5.26. The largest absolute Gasteiger partial charge is 0.466 e. The predicted octanol–water partition coefficient (Wildman–Crippen LogP) is 2.38. The topological polar surface area (TPSA) is 29.5 Å². The van der Waals surface area contributed by atoms with Crippen molar-refractivity contribution in [3.05, 3.63) is 41.7 Å². The van der Waals surface area contributed by atoms with Crippen molar-refractivity contribution in [2.24, 2.45) is 0 Å². The molecule has 1 aromatic carbocycles. The van der Waals surface area contributed by atoms with Crippen molar-refractivity contribution in [1.29, 1.82) is 0 Å². The molecule has 1 rings (SSSR count). The number of carbonyl (C=O) groups excluding carboxylic acids is 1. The molecule has 0 amide bonds. The van der Waals surface area contributed by atoms with Gasteiger partial charge < -0.3 is 9.64 Å². The maximum absolute atomic E-state index is 13.0. The Balaban J connectivity index is 2.67. The Bertz CT molecular complexity index is 429. The number of nitrogens with zero attached hydrogens (tertiary/aromatic N) is 1. The van der Waals surface area contributed by atoms with E-state index in [2.05, 4.69) is 4.74 Å². The third-order valence-corrected chi connectivity index (χ3v) is 2.43. The summed E-state index contributed by atoms with van der Waals surface area (Å²) in [5, 5.41) is 0. The maximum Gasteiger partial charge on any atom is 0.333 e. The van der Waals surface area contributed by atoms with Crippen molar-refractivity contribution < 1.29 is 13.9 Å². The lowest BCUT2D eigenvalue weighted by atomic mass is 10.2. The first-order chi connectivity index (χ1) is 8.04. The van der Waals surface area contributed by atoms with Crippen LogP contribution in [0.4, 0.5) is 10.1 Å². The molecule has 0 saturated heterocycles. The molecule has 0 heterocycles. The fourth-order valence-corrected chi connectivity index (χ4v) is 1.34. The van der Waals surface area contributed by atoms with E-state index in [1.54, 1.807) is 19.1 Å². The fourth-order valence-electron chi connectivity index (χ4n) is 1.34. The van der Waals surface area contributed by atoms with E-state index in [0.29, 0.717) is 12.1 Å². The van der Waals surface area contributed by atoms with E-state index >= 15 is 0 Å². The number of halogens is 1. The molecule has 0 aliphatic carbocycles. The van der Waals surface area contributed by atoms with Crippen molar-refractivity contribution >= 4 is 11.7 Å². The summed E-state index contributed by atoms with van der Waals surface area (Å²) in [7, 11) is 3.17. The van der Waals surface area contributed by atoms with Crippen LogP contribution < -0.4 is 4.90 Å². The monoisotopic (exact) mass is 237 g/mol. The average molecular weight is 237 g/mol. The number of likely N-dealkylation sites (N-methyl/N-ethyl adjacent to an activating group) is 1. The minimum atomic E-state index is -0.349. The fraction of sp³-hybridized carbons (Fsp3) is 0.308. The van der Waals surface area contributed by atoms with Crippen LogP contribution in [-0.4, -0.2) is 26.7 Å². The molecule has 0 radical (unpaired) electrons. The Hall–Kier alpha value is -1.84. The van der Waals surface area contributed by atoms with Crippen LogP contribution in [0.15, 0.2) is 35.9 Å². The SMILES string of the molecule is COC(=O)C(C)=CCN(C)c1cccc(F)c1. The number of hydrogen-bond donors (Lipinski definition) is 0. The highest BCUT2D eigenvalue weighted by molar-refractivity contribution is 5.87. The molecule has 0 unspecified atom stereocenters. The Labute approximate surface area is 100 Å². The molecule has 92 valence electrons. The van der Waals surface area contributed by atoms with E-state index in [-0.39, 0.29) is 11.8 Å². The summed E-state index contributed by atoms with van der Waals surface area (Å²) in [5.74, 6) is -0.624. The van der Waals surface area contributed by atoms with Gasteiger partial charge in [0.05, 0.1) is 7.11 Å². The van der Waals surface area contributed by atoms with Crippen molar-refractivity contribution in [2.75, 3.05) is 25.6 Å². The van der Waals surface area contributed by atoms with E-state index in [9.17, 15) is 9.18 Å². The molecule has 3 nitrogen and oxygen atoms in total. The summed E-state index contributed by atoms with van der Waals surface area (Å²) < 4.78 is 17.6. The van der Waals surface area contributed by atoms with Gasteiger partial charge in [-0.05, 0) is 25.1 Å². The second-order valence-corrected chi connectivity index (χ2v) is 3.74. The van der Waals surface area contributed by atoms with Crippen molar-refractivity contribution in [3.8, 4) is 0 Å². The van der Waals surface area contributed by atoms with Crippen LogP contribution in [0.25, 0.3) is 0 Å². The summed E-state index contributed by atoms with van der Waals surface area (Å²) in [6.07, 6.45) is 1.75. The first-order valence-corrected chi connectivity index (χ1v) is 5.26. The van der Waals surface area contributed by atoms with Gasteiger partial charge in [-0.25, -0.2) is 9.18 Å². The van der Waals surface area contributed by atoms with Crippen molar-refractivity contribution in [2.45, 2.75) is 6.92 Å². The van der Waals surface area contributed by atoms with Gasteiger partial charge in [-0.2, -0.15) is 0 Å². The molecule has 0 N–H and O–H groups in total. The van der Waals surface area contributed by atoms with Gasteiger partial charge in [-0.1, -0.05) is 12.1 Å². The summed E-state index contributed by atoms with van der Waals surface area (Å²) in [6, 6.07) is 6.30. The number of carbonyl (C=O) groups is 1. The summed E-state index contributed by atoms with van der Waals surface area (Å²) in [4.78, 5) is 13.0. The Morgan fingerprint density at radius 3 is 2.82 bits per heavy atom. The molecule has 0 saturated carbocycles. The van der Waals surface area contributed by atoms with Gasteiger partial charge in [0, 0.05) is 24.9 Å².